The van der Waals surface area contributed by atoms with Crippen molar-refractivity contribution in [2.75, 3.05) is 32.2 Å². The lowest BCUT2D eigenvalue weighted by Crippen LogP contribution is -2.20. The molecule has 3 N–H and O–H groups in total. The van der Waals surface area contributed by atoms with Crippen molar-refractivity contribution in [1.29, 1.82) is 0 Å². The van der Waals surface area contributed by atoms with Crippen molar-refractivity contribution in [3.63, 3.8) is 0 Å². The van der Waals surface area contributed by atoms with Gasteiger partial charge in [-0.1, -0.05) is 0 Å². The summed E-state index contributed by atoms with van der Waals surface area (Å²) in [6.07, 6.45) is 0. The van der Waals surface area contributed by atoms with Gasteiger partial charge in [0.1, 0.15) is 6.61 Å². The van der Waals surface area contributed by atoms with Gasteiger partial charge in [0.25, 0.3) is 0 Å². The highest BCUT2D eigenvalue weighted by Gasteiger charge is 2.11. The highest BCUT2D eigenvalue weighted by molar-refractivity contribution is 9.10. The quantitative estimate of drug-likeness (QED) is 0.690. The Balaban J connectivity index is 2.63. The molecule has 0 aromatic heterocycles. The van der Waals surface area contributed by atoms with Crippen LogP contribution in [0.15, 0.2) is 27.6 Å². The molecule has 0 radical (unpaired) electrons. The number of primary sulfonamides is 1. The van der Waals surface area contributed by atoms with Gasteiger partial charge in [0.05, 0.1) is 23.8 Å². The van der Waals surface area contributed by atoms with Gasteiger partial charge in [0.15, 0.2) is 0 Å². The van der Waals surface area contributed by atoms with Gasteiger partial charge < -0.3 is 14.8 Å². The number of carbonyl (C=O) groups excluding carboxylic acids is 1. The van der Waals surface area contributed by atoms with E-state index in [2.05, 4.69) is 21.2 Å². The van der Waals surface area contributed by atoms with Crippen LogP contribution in [0.1, 0.15) is 0 Å². The number of carbonyl (C=O) groups is 1. The average molecular weight is 367 g/mol. The first kappa shape index (κ1) is 17.1. The lowest BCUT2D eigenvalue weighted by molar-refractivity contribution is -0.121. The molecule has 0 aliphatic rings. The number of sulfonamides is 1. The van der Waals surface area contributed by atoms with E-state index in [4.69, 9.17) is 14.6 Å². The number of ether oxygens (including phenoxy) is 2. The predicted molar refractivity (Wildman–Crippen MR) is 76.8 cm³/mol. The molecule has 112 valence electrons. The van der Waals surface area contributed by atoms with Crippen LogP contribution in [0, 0.1) is 0 Å². The second-order valence-electron chi connectivity index (χ2n) is 3.78. The van der Waals surface area contributed by atoms with Crippen LogP contribution in [0.5, 0.6) is 0 Å². The first-order valence-corrected chi connectivity index (χ1v) is 7.87. The van der Waals surface area contributed by atoms with Crippen molar-refractivity contribution >= 4 is 37.5 Å². The molecule has 1 aromatic rings. The smallest absolute Gasteiger partial charge is 0.250 e. The van der Waals surface area contributed by atoms with E-state index in [-0.39, 0.29) is 17.4 Å². The van der Waals surface area contributed by atoms with Crippen molar-refractivity contribution in [3.05, 3.63) is 22.7 Å². The SMILES string of the molecule is COCCOCC(=O)Nc1ccc(S(N)(=O)=O)cc1Br. The number of hydrogen-bond donors (Lipinski definition) is 2. The summed E-state index contributed by atoms with van der Waals surface area (Å²) in [5, 5.41) is 7.58. The van der Waals surface area contributed by atoms with E-state index in [1.54, 1.807) is 0 Å². The molecule has 20 heavy (non-hydrogen) atoms. The molecule has 9 heteroatoms. The van der Waals surface area contributed by atoms with E-state index < -0.39 is 10.0 Å². The summed E-state index contributed by atoms with van der Waals surface area (Å²) < 4.78 is 32.6. The summed E-state index contributed by atoms with van der Waals surface area (Å²) in [4.78, 5) is 11.5. The van der Waals surface area contributed by atoms with Gasteiger partial charge in [-0.05, 0) is 34.1 Å². The Morgan fingerprint density at radius 2 is 2.10 bits per heavy atom. The number of nitrogens with one attached hydrogen (secondary N) is 1. The molecule has 0 fully saturated rings. The third kappa shape index (κ3) is 5.55. The molecule has 1 amide bonds. The number of methoxy groups -OCH3 is 1. The van der Waals surface area contributed by atoms with E-state index in [0.717, 1.165) is 0 Å². The summed E-state index contributed by atoms with van der Waals surface area (Å²) in [5.41, 5.74) is 0.428. The molecule has 0 aliphatic carbocycles. The van der Waals surface area contributed by atoms with Crippen molar-refractivity contribution in [3.8, 4) is 0 Å². The van der Waals surface area contributed by atoms with Crippen molar-refractivity contribution in [1.82, 2.24) is 0 Å². The van der Waals surface area contributed by atoms with E-state index in [1.165, 1.54) is 25.3 Å². The Morgan fingerprint density at radius 1 is 1.40 bits per heavy atom. The number of benzene rings is 1. The van der Waals surface area contributed by atoms with Crippen LogP contribution in [-0.2, 0) is 24.3 Å². The molecular formula is C11H15BrN2O5S. The first-order chi connectivity index (χ1) is 9.34. The fraction of sp³-hybridized carbons (Fsp3) is 0.364. The molecule has 0 aliphatic heterocycles. The monoisotopic (exact) mass is 366 g/mol. The maximum Gasteiger partial charge on any atom is 0.250 e. The van der Waals surface area contributed by atoms with Crippen LogP contribution < -0.4 is 10.5 Å². The van der Waals surface area contributed by atoms with Crippen molar-refractivity contribution in [2.45, 2.75) is 4.90 Å². The number of nitrogens with two attached hydrogens (primary N) is 1. The number of halogens is 1. The van der Waals surface area contributed by atoms with Crippen molar-refractivity contribution < 1.29 is 22.7 Å². The summed E-state index contributed by atoms with van der Waals surface area (Å²) in [7, 11) is -2.24. The third-order valence-electron chi connectivity index (χ3n) is 2.21. The van der Waals surface area contributed by atoms with E-state index in [0.29, 0.717) is 23.4 Å². The largest absolute Gasteiger partial charge is 0.382 e. The Bertz CT molecular complexity index is 576. The Labute approximate surface area is 125 Å². The lowest BCUT2D eigenvalue weighted by Gasteiger charge is -2.09. The van der Waals surface area contributed by atoms with Gasteiger partial charge in [-0.25, -0.2) is 13.6 Å². The Morgan fingerprint density at radius 3 is 2.65 bits per heavy atom. The molecule has 0 saturated heterocycles. The zero-order chi connectivity index (χ0) is 15.2. The number of rotatable bonds is 7. The minimum Gasteiger partial charge on any atom is -0.382 e. The van der Waals surface area contributed by atoms with E-state index >= 15 is 0 Å². The summed E-state index contributed by atoms with van der Waals surface area (Å²) in [6, 6.07) is 4.06. The molecule has 7 nitrogen and oxygen atoms in total. The van der Waals surface area contributed by atoms with Crippen LogP contribution in [0.4, 0.5) is 5.69 Å². The maximum atomic E-state index is 11.6. The second kappa shape index (κ2) is 7.70. The zero-order valence-electron chi connectivity index (χ0n) is 10.8. The van der Waals surface area contributed by atoms with Gasteiger partial charge >= 0.3 is 0 Å². The normalized spacial score (nSPS) is 11.3. The van der Waals surface area contributed by atoms with E-state index in [9.17, 15) is 13.2 Å². The fourth-order valence-electron chi connectivity index (χ4n) is 1.27. The lowest BCUT2D eigenvalue weighted by atomic mass is 10.3. The molecule has 0 bridgehead atoms. The first-order valence-electron chi connectivity index (χ1n) is 5.53. The van der Waals surface area contributed by atoms with Crippen LogP contribution in [0.2, 0.25) is 0 Å². The average Bonchev–Trinajstić information content (AvgIpc) is 2.36. The Kier molecular flexibility index (Phi) is 6.56. The molecule has 1 rings (SSSR count). The predicted octanol–water partition coefficient (Wildman–Crippen LogP) is 0.698. The number of amides is 1. The number of anilines is 1. The standard InChI is InChI=1S/C11H15BrN2O5S/c1-18-4-5-19-7-11(15)14-10-3-2-8(6-9(10)12)20(13,16)17/h2-3,6H,4-5,7H2,1H3,(H,14,15)(H2,13,16,17). The minimum absolute atomic E-state index is 0.0429. The minimum atomic E-state index is -3.77. The van der Waals surface area contributed by atoms with Gasteiger partial charge in [0.2, 0.25) is 15.9 Å². The molecule has 1 aromatic carbocycles. The van der Waals surface area contributed by atoms with Gasteiger partial charge in [-0.3, -0.25) is 4.79 Å². The molecule has 0 heterocycles. The van der Waals surface area contributed by atoms with Crippen LogP contribution >= 0.6 is 15.9 Å². The molecule has 0 spiro atoms. The van der Waals surface area contributed by atoms with Crippen LogP contribution in [0.3, 0.4) is 0 Å². The topological polar surface area (TPSA) is 108 Å². The Hall–Kier alpha value is -1.00. The molecule has 0 saturated carbocycles. The summed E-state index contributed by atoms with van der Waals surface area (Å²) in [5.74, 6) is -0.356. The van der Waals surface area contributed by atoms with Gasteiger partial charge in [-0.15, -0.1) is 0 Å². The molecule has 0 atom stereocenters. The summed E-state index contributed by atoms with van der Waals surface area (Å²) >= 11 is 3.17. The summed E-state index contributed by atoms with van der Waals surface area (Å²) in [6.45, 7) is 0.599. The van der Waals surface area contributed by atoms with Crippen molar-refractivity contribution in [2.24, 2.45) is 5.14 Å². The van der Waals surface area contributed by atoms with Crippen LogP contribution in [0.25, 0.3) is 0 Å². The van der Waals surface area contributed by atoms with Gasteiger partial charge in [-0.2, -0.15) is 0 Å². The van der Waals surface area contributed by atoms with Crippen LogP contribution in [-0.4, -0.2) is 41.3 Å². The fourth-order valence-corrected chi connectivity index (χ4v) is 2.44. The molecule has 0 unspecified atom stereocenters. The highest BCUT2D eigenvalue weighted by Crippen LogP contribution is 2.25. The van der Waals surface area contributed by atoms with E-state index in [1.807, 2.05) is 0 Å². The third-order valence-corrected chi connectivity index (χ3v) is 3.78. The molecular weight excluding hydrogens is 352 g/mol. The maximum absolute atomic E-state index is 11.6. The number of hydrogen-bond acceptors (Lipinski definition) is 5. The second-order valence-corrected chi connectivity index (χ2v) is 6.20. The highest BCUT2D eigenvalue weighted by atomic mass is 79.9. The van der Waals surface area contributed by atoms with Gasteiger partial charge in [0, 0.05) is 11.6 Å². The zero-order valence-corrected chi connectivity index (χ0v) is 13.2.